The average molecular weight is 175 g/mol. The van der Waals surface area contributed by atoms with E-state index in [0.717, 1.165) is 12.3 Å². The number of hydrogen-bond donors (Lipinski definition) is 1. The highest BCUT2D eigenvalue weighted by Crippen LogP contribution is 2.33. The number of rotatable bonds is 1. The van der Waals surface area contributed by atoms with Gasteiger partial charge in [0.05, 0.1) is 11.3 Å². The van der Waals surface area contributed by atoms with E-state index in [4.69, 9.17) is 0 Å². The minimum Gasteiger partial charge on any atom is -0.386 e. The van der Waals surface area contributed by atoms with Crippen LogP contribution in [0.25, 0.3) is 0 Å². The van der Waals surface area contributed by atoms with E-state index in [-0.39, 0.29) is 5.69 Å². The first-order valence-electron chi connectivity index (χ1n) is 3.17. The minimum atomic E-state index is -4.35. The summed E-state index contributed by atoms with van der Waals surface area (Å²) in [4.78, 5) is 3.44. The summed E-state index contributed by atoms with van der Waals surface area (Å²) in [5.74, 6) is 0. The van der Waals surface area contributed by atoms with Gasteiger partial charge in [0.15, 0.2) is 0 Å². The lowest BCUT2D eigenvalue weighted by molar-refractivity contribution is -0.137. The molecule has 1 aromatic heterocycles. The largest absolute Gasteiger partial charge is 0.418 e. The molecule has 0 fully saturated rings. The van der Waals surface area contributed by atoms with E-state index in [1.165, 1.54) is 7.05 Å². The summed E-state index contributed by atoms with van der Waals surface area (Å²) in [5, 5.41) is 2.36. The standard InChI is InChI=1S/C7H6F3N2/c1-11-6-4-12-3-2-5(6)7(8,9)10/h2-3,11H,1H3. The predicted octanol–water partition coefficient (Wildman–Crippen LogP) is 1.94. The summed E-state index contributed by atoms with van der Waals surface area (Å²) in [6, 6.07) is 0.905. The molecule has 2 nitrogen and oxygen atoms in total. The second-order valence-corrected chi connectivity index (χ2v) is 2.09. The molecule has 0 unspecified atom stereocenters. The molecule has 0 aromatic carbocycles. The Morgan fingerprint density at radius 3 is 2.58 bits per heavy atom. The zero-order valence-electron chi connectivity index (χ0n) is 6.24. The number of pyridine rings is 1. The van der Waals surface area contributed by atoms with Crippen molar-refractivity contribution >= 4 is 5.69 Å². The summed E-state index contributed by atoms with van der Waals surface area (Å²) < 4.78 is 36.4. The number of nitrogens with one attached hydrogen (secondary N) is 1. The van der Waals surface area contributed by atoms with Crippen molar-refractivity contribution < 1.29 is 13.2 Å². The van der Waals surface area contributed by atoms with Crippen molar-refractivity contribution in [3.05, 3.63) is 24.0 Å². The first-order valence-corrected chi connectivity index (χ1v) is 3.17. The summed E-state index contributed by atoms with van der Waals surface area (Å²) in [7, 11) is 1.39. The quantitative estimate of drug-likeness (QED) is 0.705. The maximum Gasteiger partial charge on any atom is 0.418 e. The van der Waals surface area contributed by atoms with E-state index in [2.05, 4.69) is 16.5 Å². The molecular formula is C7H6F3N2. The molecule has 0 bridgehead atoms. The molecule has 0 saturated heterocycles. The SMILES string of the molecule is CNc1[c]nccc1C(F)(F)F. The predicted molar refractivity (Wildman–Crippen MR) is 37.6 cm³/mol. The normalized spacial score (nSPS) is 11.3. The molecule has 1 aromatic rings. The third-order valence-corrected chi connectivity index (χ3v) is 1.32. The molecule has 5 heteroatoms. The number of hydrogen-bond acceptors (Lipinski definition) is 2. The zero-order valence-corrected chi connectivity index (χ0v) is 6.24. The Kier molecular flexibility index (Phi) is 2.21. The smallest absolute Gasteiger partial charge is 0.386 e. The van der Waals surface area contributed by atoms with E-state index < -0.39 is 11.7 Å². The minimum absolute atomic E-state index is 0.134. The van der Waals surface area contributed by atoms with Gasteiger partial charge in [0.1, 0.15) is 6.20 Å². The van der Waals surface area contributed by atoms with E-state index in [0.29, 0.717) is 0 Å². The van der Waals surface area contributed by atoms with Crippen LogP contribution in [0.4, 0.5) is 18.9 Å². The van der Waals surface area contributed by atoms with Gasteiger partial charge in [-0.25, -0.2) is 0 Å². The number of anilines is 1. The van der Waals surface area contributed by atoms with Crippen LogP contribution in [-0.4, -0.2) is 12.0 Å². The monoisotopic (exact) mass is 175 g/mol. The van der Waals surface area contributed by atoms with Gasteiger partial charge in [-0.2, -0.15) is 13.2 Å². The van der Waals surface area contributed by atoms with Gasteiger partial charge in [-0.15, -0.1) is 0 Å². The summed E-state index contributed by atoms with van der Waals surface area (Å²) in [6.45, 7) is 0. The average Bonchev–Trinajstić information content (AvgIpc) is 2.03. The molecule has 12 heavy (non-hydrogen) atoms. The highest BCUT2D eigenvalue weighted by atomic mass is 19.4. The molecule has 1 radical (unpaired) electrons. The van der Waals surface area contributed by atoms with Crippen LogP contribution in [0.2, 0.25) is 0 Å². The third kappa shape index (κ3) is 1.66. The Balaban J connectivity index is 3.14. The lowest BCUT2D eigenvalue weighted by Gasteiger charge is -2.10. The molecule has 1 rings (SSSR count). The number of nitrogens with zero attached hydrogens (tertiary/aromatic N) is 1. The fourth-order valence-corrected chi connectivity index (χ4v) is 0.784. The number of alkyl halides is 3. The van der Waals surface area contributed by atoms with Crippen LogP contribution in [0, 0.1) is 6.20 Å². The highest BCUT2D eigenvalue weighted by molar-refractivity contribution is 5.48. The summed E-state index contributed by atoms with van der Waals surface area (Å²) >= 11 is 0. The molecule has 0 spiro atoms. The van der Waals surface area contributed by atoms with Crippen molar-refractivity contribution in [1.82, 2.24) is 4.98 Å². The van der Waals surface area contributed by atoms with Gasteiger partial charge < -0.3 is 5.32 Å². The van der Waals surface area contributed by atoms with Gasteiger partial charge >= 0.3 is 6.18 Å². The van der Waals surface area contributed by atoms with Crippen molar-refractivity contribution in [1.29, 1.82) is 0 Å². The molecular weight excluding hydrogens is 169 g/mol. The molecule has 0 aliphatic carbocycles. The van der Waals surface area contributed by atoms with Crippen molar-refractivity contribution in [3.8, 4) is 0 Å². The lowest BCUT2D eigenvalue weighted by Crippen LogP contribution is -2.09. The molecule has 0 aliphatic heterocycles. The van der Waals surface area contributed by atoms with E-state index in [9.17, 15) is 13.2 Å². The van der Waals surface area contributed by atoms with Crippen LogP contribution in [-0.2, 0) is 6.18 Å². The fraction of sp³-hybridized carbons (Fsp3) is 0.286. The summed E-state index contributed by atoms with van der Waals surface area (Å²) in [5.41, 5.74) is -0.884. The van der Waals surface area contributed by atoms with Crippen LogP contribution < -0.4 is 5.32 Å². The van der Waals surface area contributed by atoms with Crippen molar-refractivity contribution in [2.75, 3.05) is 12.4 Å². The Labute approximate surface area is 67.4 Å². The maximum atomic E-state index is 12.1. The molecule has 1 heterocycles. The van der Waals surface area contributed by atoms with E-state index in [1.54, 1.807) is 0 Å². The van der Waals surface area contributed by atoms with Gasteiger partial charge in [-0.1, -0.05) is 0 Å². The topological polar surface area (TPSA) is 24.9 Å². The molecule has 0 atom stereocenters. The van der Waals surface area contributed by atoms with Gasteiger partial charge in [-0.05, 0) is 6.07 Å². The van der Waals surface area contributed by atoms with Gasteiger partial charge in [-0.3, -0.25) is 4.98 Å². The Bertz CT molecular complexity index is 270. The van der Waals surface area contributed by atoms with Crippen molar-refractivity contribution in [2.24, 2.45) is 0 Å². The Hall–Kier alpha value is -1.26. The molecule has 0 saturated carbocycles. The third-order valence-electron chi connectivity index (χ3n) is 1.32. The van der Waals surface area contributed by atoms with Crippen LogP contribution in [0.3, 0.4) is 0 Å². The Morgan fingerprint density at radius 1 is 1.50 bits per heavy atom. The maximum absolute atomic E-state index is 12.1. The number of aromatic nitrogens is 1. The lowest BCUT2D eigenvalue weighted by atomic mass is 10.2. The second kappa shape index (κ2) is 3.00. The zero-order chi connectivity index (χ0) is 9.19. The van der Waals surface area contributed by atoms with Crippen LogP contribution in [0.1, 0.15) is 5.56 Å². The molecule has 0 aliphatic rings. The van der Waals surface area contributed by atoms with Gasteiger partial charge in [0.25, 0.3) is 0 Å². The molecule has 65 valence electrons. The van der Waals surface area contributed by atoms with E-state index >= 15 is 0 Å². The van der Waals surface area contributed by atoms with Crippen LogP contribution in [0.5, 0.6) is 0 Å². The summed E-state index contributed by atoms with van der Waals surface area (Å²) in [6.07, 6.45) is -1.08. The molecule has 0 amide bonds. The Morgan fingerprint density at radius 2 is 2.17 bits per heavy atom. The van der Waals surface area contributed by atoms with Gasteiger partial charge in [0, 0.05) is 13.2 Å². The molecule has 1 N–H and O–H groups in total. The van der Waals surface area contributed by atoms with E-state index in [1.807, 2.05) is 0 Å². The van der Waals surface area contributed by atoms with Crippen LogP contribution >= 0.6 is 0 Å². The first kappa shape index (κ1) is 8.83. The van der Waals surface area contributed by atoms with Crippen molar-refractivity contribution in [3.63, 3.8) is 0 Å². The van der Waals surface area contributed by atoms with Crippen molar-refractivity contribution in [2.45, 2.75) is 6.18 Å². The highest BCUT2D eigenvalue weighted by Gasteiger charge is 2.33. The first-order chi connectivity index (χ1) is 5.55. The van der Waals surface area contributed by atoms with Gasteiger partial charge in [0.2, 0.25) is 0 Å². The number of halogens is 3. The second-order valence-electron chi connectivity index (χ2n) is 2.09. The van der Waals surface area contributed by atoms with Crippen LogP contribution in [0.15, 0.2) is 12.3 Å². The fourth-order valence-electron chi connectivity index (χ4n) is 0.784.